The maximum absolute atomic E-state index is 12.3. The molecular weight excluding hydrogens is 364 g/mol. The highest BCUT2D eigenvalue weighted by atomic mass is 32.2. The van der Waals surface area contributed by atoms with Gasteiger partial charge in [0.25, 0.3) is 5.91 Å². The molecule has 0 aliphatic rings. The lowest BCUT2D eigenvalue weighted by Crippen LogP contribution is -2.11. The van der Waals surface area contributed by atoms with Gasteiger partial charge in [-0.3, -0.25) is 10.1 Å². The lowest BCUT2D eigenvalue weighted by Gasteiger charge is -2.03. The van der Waals surface area contributed by atoms with Crippen molar-refractivity contribution in [1.29, 1.82) is 0 Å². The van der Waals surface area contributed by atoms with Crippen LogP contribution in [0, 0.1) is 0 Å². The number of thiazole rings is 1. The summed E-state index contributed by atoms with van der Waals surface area (Å²) in [5, 5.41) is 3.27. The Balaban J connectivity index is 1.81. The molecule has 0 aliphatic heterocycles. The van der Waals surface area contributed by atoms with Gasteiger partial charge in [-0.25, -0.2) is 13.4 Å². The molecule has 8 heteroatoms. The molecular formula is C16H14N2O3S3. The molecule has 3 aromatic rings. The minimum absolute atomic E-state index is 0.184. The molecule has 0 aliphatic carbocycles. The third-order valence-corrected chi connectivity index (χ3v) is 6.15. The fourth-order valence-corrected chi connectivity index (χ4v) is 4.15. The Morgan fingerprint density at radius 2 is 1.88 bits per heavy atom. The number of sulfone groups is 1. The highest BCUT2D eigenvalue weighted by Crippen LogP contribution is 2.29. The molecule has 0 atom stereocenters. The molecule has 5 nitrogen and oxygen atoms in total. The monoisotopic (exact) mass is 378 g/mol. The van der Waals surface area contributed by atoms with Gasteiger partial charge in [0.05, 0.1) is 15.1 Å². The van der Waals surface area contributed by atoms with E-state index in [1.54, 1.807) is 11.8 Å². The molecule has 1 aromatic heterocycles. The van der Waals surface area contributed by atoms with E-state index < -0.39 is 9.84 Å². The highest BCUT2D eigenvalue weighted by molar-refractivity contribution is 7.98. The maximum Gasteiger partial charge on any atom is 0.257 e. The second kappa shape index (κ2) is 6.54. The van der Waals surface area contributed by atoms with Gasteiger partial charge in [0.1, 0.15) is 0 Å². The smallest absolute Gasteiger partial charge is 0.257 e. The molecule has 0 fully saturated rings. The van der Waals surface area contributed by atoms with Crippen molar-refractivity contribution < 1.29 is 13.2 Å². The summed E-state index contributed by atoms with van der Waals surface area (Å²) in [6, 6.07) is 11.8. The van der Waals surface area contributed by atoms with Gasteiger partial charge in [0.15, 0.2) is 15.0 Å². The van der Waals surface area contributed by atoms with Gasteiger partial charge < -0.3 is 0 Å². The van der Waals surface area contributed by atoms with Crippen LogP contribution in [-0.2, 0) is 9.84 Å². The quantitative estimate of drug-likeness (QED) is 0.701. The van der Waals surface area contributed by atoms with Crippen LogP contribution in [0.25, 0.3) is 10.2 Å². The molecule has 24 heavy (non-hydrogen) atoms. The van der Waals surface area contributed by atoms with E-state index in [4.69, 9.17) is 0 Å². The zero-order valence-electron chi connectivity index (χ0n) is 12.9. The zero-order chi connectivity index (χ0) is 17.3. The first-order valence-corrected chi connectivity index (χ1v) is 10.9. The first-order chi connectivity index (χ1) is 11.4. The number of aromatic nitrogens is 1. The summed E-state index contributed by atoms with van der Waals surface area (Å²) in [6.07, 6.45) is 3.14. The standard InChI is InChI=1S/C16H14N2O3S3/c1-22-11-5-8-13-14(9-11)23-16(17-13)18-15(19)10-3-6-12(7-4-10)24(2,20)21/h3-9H,1-2H3,(H,17,18,19). The number of carbonyl (C=O) groups excluding carboxylic acids is 1. The van der Waals surface area contributed by atoms with Crippen LogP contribution in [0.4, 0.5) is 5.13 Å². The van der Waals surface area contributed by atoms with Crippen LogP contribution in [0.3, 0.4) is 0 Å². The number of amides is 1. The van der Waals surface area contributed by atoms with Crippen molar-refractivity contribution >= 4 is 54.2 Å². The van der Waals surface area contributed by atoms with E-state index in [9.17, 15) is 13.2 Å². The lowest BCUT2D eigenvalue weighted by atomic mass is 10.2. The molecule has 0 unspecified atom stereocenters. The molecule has 0 bridgehead atoms. The summed E-state index contributed by atoms with van der Waals surface area (Å²) in [7, 11) is -3.27. The van der Waals surface area contributed by atoms with Crippen molar-refractivity contribution in [3.05, 3.63) is 48.0 Å². The first-order valence-electron chi connectivity index (χ1n) is 6.93. The lowest BCUT2D eigenvalue weighted by molar-refractivity contribution is 0.102. The number of anilines is 1. The molecule has 2 aromatic carbocycles. The van der Waals surface area contributed by atoms with E-state index >= 15 is 0 Å². The number of rotatable bonds is 4. The second-order valence-electron chi connectivity index (χ2n) is 5.10. The highest BCUT2D eigenvalue weighted by Gasteiger charge is 2.12. The Bertz CT molecular complexity index is 1010. The van der Waals surface area contributed by atoms with E-state index in [-0.39, 0.29) is 10.8 Å². The average molecular weight is 379 g/mol. The number of benzene rings is 2. The third-order valence-electron chi connectivity index (χ3n) is 3.36. The summed E-state index contributed by atoms with van der Waals surface area (Å²) in [4.78, 5) is 18.0. The Kier molecular flexibility index (Phi) is 4.62. The molecule has 1 heterocycles. The summed E-state index contributed by atoms with van der Waals surface area (Å²) < 4.78 is 23.9. The van der Waals surface area contributed by atoms with E-state index in [2.05, 4.69) is 10.3 Å². The number of thioether (sulfide) groups is 1. The van der Waals surface area contributed by atoms with Gasteiger partial charge in [-0.1, -0.05) is 11.3 Å². The van der Waals surface area contributed by atoms with Gasteiger partial charge in [0, 0.05) is 16.7 Å². The molecule has 1 N–H and O–H groups in total. The van der Waals surface area contributed by atoms with Crippen LogP contribution < -0.4 is 5.32 Å². The number of nitrogens with one attached hydrogen (secondary N) is 1. The molecule has 1 amide bonds. The first kappa shape index (κ1) is 16.9. The SMILES string of the molecule is CSc1ccc2nc(NC(=O)c3ccc(S(C)(=O)=O)cc3)sc2c1. The topological polar surface area (TPSA) is 76.1 Å². The van der Waals surface area contributed by atoms with Crippen molar-refractivity contribution in [3.63, 3.8) is 0 Å². The predicted octanol–water partition coefficient (Wildman–Crippen LogP) is 3.67. The van der Waals surface area contributed by atoms with Gasteiger partial charge in [-0.15, -0.1) is 11.8 Å². The Morgan fingerprint density at radius 3 is 2.50 bits per heavy atom. The van der Waals surface area contributed by atoms with Gasteiger partial charge in [-0.2, -0.15) is 0 Å². The van der Waals surface area contributed by atoms with Crippen LogP contribution in [0.1, 0.15) is 10.4 Å². The third kappa shape index (κ3) is 3.61. The summed E-state index contributed by atoms with van der Waals surface area (Å²) in [6.45, 7) is 0. The van der Waals surface area contributed by atoms with Crippen molar-refractivity contribution in [2.75, 3.05) is 17.8 Å². The predicted molar refractivity (Wildman–Crippen MR) is 98.9 cm³/mol. The number of hydrogen-bond acceptors (Lipinski definition) is 6. The van der Waals surface area contributed by atoms with Crippen molar-refractivity contribution in [2.45, 2.75) is 9.79 Å². The number of carbonyl (C=O) groups is 1. The van der Waals surface area contributed by atoms with Crippen molar-refractivity contribution in [2.24, 2.45) is 0 Å². The molecule has 124 valence electrons. The van der Waals surface area contributed by atoms with E-state index in [1.807, 2.05) is 24.5 Å². The van der Waals surface area contributed by atoms with E-state index in [0.717, 1.165) is 21.4 Å². The summed E-state index contributed by atoms with van der Waals surface area (Å²) >= 11 is 3.05. The van der Waals surface area contributed by atoms with Gasteiger partial charge in [0.2, 0.25) is 0 Å². The zero-order valence-corrected chi connectivity index (χ0v) is 15.4. The largest absolute Gasteiger partial charge is 0.298 e. The van der Waals surface area contributed by atoms with Crippen molar-refractivity contribution in [1.82, 2.24) is 4.98 Å². The normalized spacial score (nSPS) is 11.6. The van der Waals surface area contributed by atoms with Gasteiger partial charge >= 0.3 is 0 Å². The minimum atomic E-state index is -3.27. The van der Waals surface area contributed by atoms with Crippen LogP contribution in [0.15, 0.2) is 52.3 Å². The molecule has 3 rings (SSSR count). The molecule has 0 spiro atoms. The molecule has 0 saturated carbocycles. The summed E-state index contributed by atoms with van der Waals surface area (Å²) in [5.41, 5.74) is 1.21. The fraction of sp³-hybridized carbons (Fsp3) is 0.125. The number of hydrogen-bond donors (Lipinski definition) is 1. The number of fused-ring (bicyclic) bond motifs is 1. The van der Waals surface area contributed by atoms with Crippen LogP contribution >= 0.6 is 23.1 Å². The Hall–Kier alpha value is -1.90. The maximum atomic E-state index is 12.3. The molecule has 0 saturated heterocycles. The summed E-state index contributed by atoms with van der Waals surface area (Å²) in [5.74, 6) is -0.320. The van der Waals surface area contributed by atoms with Crippen LogP contribution in [0.2, 0.25) is 0 Å². The van der Waals surface area contributed by atoms with Crippen molar-refractivity contribution in [3.8, 4) is 0 Å². The van der Waals surface area contributed by atoms with E-state index in [0.29, 0.717) is 10.7 Å². The van der Waals surface area contributed by atoms with Crippen LogP contribution in [-0.4, -0.2) is 31.8 Å². The Labute approximate surface area is 148 Å². The molecule has 0 radical (unpaired) electrons. The fourth-order valence-electron chi connectivity index (χ4n) is 2.11. The second-order valence-corrected chi connectivity index (χ2v) is 9.03. The van der Waals surface area contributed by atoms with Crippen LogP contribution in [0.5, 0.6) is 0 Å². The minimum Gasteiger partial charge on any atom is -0.298 e. The Morgan fingerprint density at radius 1 is 1.17 bits per heavy atom. The van der Waals surface area contributed by atoms with E-state index in [1.165, 1.54) is 35.6 Å². The average Bonchev–Trinajstić information content (AvgIpc) is 2.95. The number of nitrogens with zero attached hydrogens (tertiary/aromatic N) is 1. The van der Waals surface area contributed by atoms with Gasteiger partial charge in [-0.05, 0) is 48.7 Å².